The highest BCUT2D eigenvalue weighted by Crippen LogP contribution is 2.25. The predicted molar refractivity (Wildman–Crippen MR) is 87.0 cm³/mol. The highest BCUT2D eigenvalue weighted by molar-refractivity contribution is 5.91. The lowest BCUT2D eigenvalue weighted by Crippen LogP contribution is -2.43. The smallest absolute Gasteiger partial charge is 0.328 e. The molecule has 0 aliphatic carbocycles. The summed E-state index contributed by atoms with van der Waals surface area (Å²) in [6.07, 6.45) is 1.14. The van der Waals surface area contributed by atoms with Crippen molar-refractivity contribution in [2.75, 3.05) is 21.3 Å². The normalized spacial score (nSPS) is 11.6. The average molecular weight is 349 g/mol. The molecule has 0 fully saturated rings. The number of furan rings is 1. The van der Waals surface area contributed by atoms with Crippen LogP contribution < -0.4 is 10.1 Å². The molecule has 134 valence electrons. The van der Waals surface area contributed by atoms with Crippen molar-refractivity contribution in [1.29, 1.82) is 0 Å². The van der Waals surface area contributed by atoms with Gasteiger partial charge in [0.15, 0.2) is 0 Å². The summed E-state index contributed by atoms with van der Waals surface area (Å²) in [7, 11) is 3.92. The Labute approximate surface area is 144 Å². The van der Waals surface area contributed by atoms with Crippen molar-refractivity contribution in [3.05, 3.63) is 30.0 Å². The van der Waals surface area contributed by atoms with Crippen molar-refractivity contribution in [2.24, 2.45) is 0 Å². The van der Waals surface area contributed by atoms with Crippen molar-refractivity contribution in [3.63, 3.8) is 0 Å². The van der Waals surface area contributed by atoms with Crippen LogP contribution in [0.4, 0.5) is 0 Å². The Morgan fingerprint density at radius 3 is 2.56 bits per heavy atom. The second kappa shape index (κ2) is 8.18. The van der Waals surface area contributed by atoms with E-state index < -0.39 is 23.9 Å². The molecule has 1 amide bonds. The fourth-order valence-corrected chi connectivity index (χ4v) is 2.33. The molecule has 0 aliphatic rings. The zero-order valence-electron chi connectivity index (χ0n) is 14.2. The van der Waals surface area contributed by atoms with Crippen LogP contribution in [-0.4, -0.2) is 45.2 Å². The third-order valence-corrected chi connectivity index (χ3v) is 3.63. The first-order chi connectivity index (χ1) is 12.0. The van der Waals surface area contributed by atoms with E-state index in [1.54, 1.807) is 25.3 Å². The van der Waals surface area contributed by atoms with E-state index in [4.69, 9.17) is 9.15 Å². The van der Waals surface area contributed by atoms with Gasteiger partial charge in [0, 0.05) is 17.0 Å². The number of nitrogens with one attached hydrogen (secondary N) is 1. The number of benzene rings is 1. The number of hydrogen-bond donors (Lipinski definition) is 1. The number of methoxy groups -OCH3 is 3. The first-order valence-corrected chi connectivity index (χ1v) is 7.46. The lowest BCUT2D eigenvalue weighted by Gasteiger charge is -2.15. The molecule has 25 heavy (non-hydrogen) atoms. The van der Waals surface area contributed by atoms with E-state index in [1.165, 1.54) is 20.5 Å². The molecule has 0 saturated heterocycles. The second-order valence-corrected chi connectivity index (χ2v) is 5.22. The van der Waals surface area contributed by atoms with Crippen molar-refractivity contribution >= 4 is 28.8 Å². The number of carbonyl (C=O) groups is 3. The molecule has 0 saturated carbocycles. The van der Waals surface area contributed by atoms with Crippen molar-refractivity contribution in [1.82, 2.24) is 5.32 Å². The van der Waals surface area contributed by atoms with Gasteiger partial charge in [-0.05, 0) is 12.1 Å². The van der Waals surface area contributed by atoms with Crippen LogP contribution in [0.5, 0.6) is 5.75 Å². The largest absolute Gasteiger partial charge is 0.497 e. The van der Waals surface area contributed by atoms with Gasteiger partial charge in [0.1, 0.15) is 17.4 Å². The summed E-state index contributed by atoms with van der Waals surface area (Å²) in [6, 6.07) is 4.15. The zero-order valence-corrected chi connectivity index (χ0v) is 14.2. The molecule has 0 bridgehead atoms. The molecule has 0 unspecified atom stereocenters. The first kappa shape index (κ1) is 18.3. The molecular formula is C17H19NO7. The summed E-state index contributed by atoms with van der Waals surface area (Å²) in [6.45, 7) is 0. The highest BCUT2D eigenvalue weighted by Gasteiger charge is 2.25. The molecule has 0 radical (unpaired) electrons. The van der Waals surface area contributed by atoms with Gasteiger partial charge in [-0.2, -0.15) is 0 Å². The van der Waals surface area contributed by atoms with Gasteiger partial charge in [-0.3, -0.25) is 9.59 Å². The van der Waals surface area contributed by atoms with E-state index in [-0.39, 0.29) is 12.8 Å². The maximum absolute atomic E-state index is 12.2. The summed E-state index contributed by atoms with van der Waals surface area (Å²) in [5, 5.41) is 3.24. The van der Waals surface area contributed by atoms with Crippen LogP contribution in [0.1, 0.15) is 12.0 Å². The van der Waals surface area contributed by atoms with Crippen LogP contribution in [-0.2, 0) is 30.3 Å². The Morgan fingerprint density at radius 1 is 1.16 bits per heavy atom. The Kier molecular flexibility index (Phi) is 5.99. The van der Waals surface area contributed by atoms with Crippen LogP contribution in [0, 0.1) is 0 Å². The second-order valence-electron chi connectivity index (χ2n) is 5.22. The number of carbonyl (C=O) groups excluding carboxylic acids is 3. The van der Waals surface area contributed by atoms with Gasteiger partial charge in [-0.15, -0.1) is 0 Å². The molecular weight excluding hydrogens is 330 g/mol. The quantitative estimate of drug-likeness (QED) is 0.749. The van der Waals surface area contributed by atoms with Gasteiger partial charge < -0.3 is 23.9 Å². The van der Waals surface area contributed by atoms with Crippen molar-refractivity contribution in [3.8, 4) is 5.75 Å². The topological polar surface area (TPSA) is 104 Å². The Balaban J connectivity index is 2.09. The van der Waals surface area contributed by atoms with Gasteiger partial charge in [0.2, 0.25) is 5.91 Å². The molecule has 1 heterocycles. The molecule has 1 aromatic carbocycles. The van der Waals surface area contributed by atoms with E-state index in [9.17, 15) is 14.4 Å². The van der Waals surface area contributed by atoms with Crippen molar-refractivity contribution < 1.29 is 33.0 Å². The third-order valence-electron chi connectivity index (χ3n) is 3.63. The Hall–Kier alpha value is -3.03. The molecule has 2 aromatic rings. The lowest BCUT2D eigenvalue weighted by atomic mass is 10.1. The summed E-state index contributed by atoms with van der Waals surface area (Å²) in [5.41, 5.74) is 1.23. The van der Waals surface area contributed by atoms with Crippen LogP contribution in [0.15, 0.2) is 28.9 Å². The van der Waals surface area contributed by atoms with Crippen LogP contribution in [0.3, 0.4) is 0 Å². The molecule has 1 N–H and O–H groups in total. The summed E-state index contributed by atoms with van der Waals surface area (Å²) >= 11 is 0. The molecule has 0 aliphatic heterocycles. The molecule has 2 rings (SSSR count). The Bertz CT molecular complexity index is 780. The van der Waals surface area contributed by atoms with Crippen LogP contribution >= 0.6 is 0 Å². The molecule has 8 nitrogen and oxygen atoms in total. The van der Waals surface area contributed by atoms with E-state index in [0.717, 1.165) is 5.39 Å². The van der Waals surface area contributed by atoms with Gasteiger partial charge in [-0.1, -0.05) is 0 Å². The van der Waals surface area contributed by atoms with Crippen molar-refractivity contribution in [2.45, 2.75) is 18.9 Å². The fourth-order valence-electron chi connectivity index (χ4n) is 2.33. The SMILES string of the molecule is COC(=O)C[C@@H](NC(=O)Cc1coc2cc(OC)ccc12)C(=O)OC. The van der Waals surface area contributed by atoms with Crippen LogP contribution in [0.2, 0.25) is 0 Å². The van der Waals surface area contributed by atoms with E-state index >= 15 is 0 Å². The number of hydrogen-bond acceptors (Lipinski definition) is 7. The lowest BCUT2D eigenvalue weighted by molar-refractivity contribution is -0.150. The van der Waals surface area contributed by atoms with Crippen LogP contribution in [0.25, 0.3) is 11.0 Å². The first-order valence-electron chi connectivity index (χ1n) is 7.46. The molecule has 1 aromatic heterocycles. The van der Waals surface area contributed by atoms with Gasteiger partial charge in [-0.25, -0.2) is 4.79 Å². The minimum atomic E-state index is -1.11. The predicted octanol–water partition coefficient (Wildman–Crippen LogP) is 1.20. The Morgan fingerprint density at radius 2 is 1.92 bits per heavy atom. The fraction of sp³-hybridized carbons (Fsp3) is 0.353. The average Bonchev–Trinajstić information content (AvgIpc) is 3.01. The minimum Gasteiger partial charge on any atom is -0.497 e. The number of ether oxygens (including phenoxy) is 3. The van der Waals surface area contributed by atoms with Gasteiger partial charge in [0.05, 0.1) is 40.4 Å². The number of esters is 2. The maximum Gasteiger partial charge on any atom is 0.328 e. The molecule has 8 heteroatoms. The molecule has 0 spiro atoms. The zero-order chi connectivity index (χ0) is 18.4. The summed E-state index contributed by atoms with van der Waals surface area (Å²) < 4.78 is 19.7. The van der Waals surface area contributed by atoms with Gasteiger partial charge >= 0.3 is 11.9 Å². The standard InChI is InChI=1S/C17H19NO7/c1-22-11-4-5-12-10(9-25-14(12)7-11)6-15(19)18-13(17(21)24-3)8-16(20)23-2/h4-5,7,9,13H,6,8H2,1-3H3,(H,18,19)/t13-/m1/s1. The molecule has 1 atom stereocenters. The monoisotopic (exact) mass is 349 g/mol. The van der Waals surface area contributed by atoms with E-state index in [2.05, 4.69) is 14.8 Å². The maximum atomic E-state index is 12.2. The summed E-state index contributed by atoms with van der Waals surface area (Å²) in [5.74, 6) is -1.16. The summed E-state index contributed by atoms with van der Waals surface area (Å²) in [4.78, 5) is 35.3. The number of fused-ring (bicyclic) bond motifs is 1. The number of amides is 1. The highest BCUT2D eigenvalue weighted by atomic mass is 16.5. The third kappa shape index (κ3) is 4.50. The minimum absolute atomic E-state index is 0.0198. The van der Waals surface area contributed by atoms with Gasteiger partial charge in [0.25, 0.3) is 0 Å². The van der Waals surface area contributed by atoms with E-state index in [1.807, 2.05) is 0 Å². The number of rotatable bonds is 7. The van der Waals surface area contributed by atoms with E-state index in [0.29, 0.717) is 16.9 Å².